The minimum atomic E-state index is 0.116. The van der Waals surface area contributed by atoms with Crippen LogP contribution in [0.4, 0.5) is 0 Å². The van der Waals surface area contributed by atoms with E-state index in [1.54, 1.807) is 11.9 Å². The average molecular weight is 226 g/mol. The molecule has 0 aliphatic rings. The average Bonchev–Trinajstić information content (AvgIpc) is 2.21. The third kappa shape index (κ3) is 3.56. The summed E-state index contributed by atoms with van der Waals surface area (Å²) in [5.41, 5.74) is 2.24. The predicted octanol–water partition coefficient (Wildman–Crippen LogP) is 2.23. The number of aryl methyl sites for hydroxylation is 1. The number of likely N-dealkylation sites (N-methyl/N-ethyl adjacent to an activating group) is 1. The van der Waals surface area contributed by atoms with Gasteiger partial charge in [-0.1, -0.05) is 24.3 Å². The molecule has 15 heavy (non-hydrogen) atoms. The van der Waals surface area contributed by atoms with Crippen molar-refractivity contribution in [2.24, 2.45) is 0 Å². The molecule has 0 spiro atoms. The Balaban J connectivity index is 2.62. The normalized spacial score (nSPS) is 10.1. The Bertz CT molecular complexity index is 338. The number of benzene rings is 1. The summed E-state index contributed by atoms with van der Waals surface area (Å²) in [6.45, 7) is 2.62. The maximum atomic E-state index is 11.7. The molecule has 1 aromatic carbocycles. The van der Waals surface area contributed by atoms with Crippen LogP contribution in [-0.4, -0.2) is 30.3 Å². The molecule has 0 radical (unpaired) electrons. The molecule has 0 N–H and O–H groups in total. The number of hydrogen-bond donors (Lipinski definition) is 0. The minimum Gasteiger partial charge on any atom is -0.344 e. The summed E-state index contributed by atoms with van der Waals surface area (Å²) in [6, 6.07) is 7.94. The second-order valence-electron chi connectivity index (χ2n) is 3.61. The van der Waals surface area contributed by atoms with Gasteiger partial charge >= 0.3 is 0 Å². The van der Waals surface area contributed by atoms with Gasteiger partial charge in [0.25, 0.3) is 0 Å². The number of carbonyl (C=O) groups excluding carboxylic acids is 1. The molecular formula is C12H16ClNO. The number of carbonyl (C=O) groups is 1. The number of amides is 1. The lowest BCUT2D eigenvalue weighted by atomic mass is 10.1. The van der Waals surface area contributed by atoms with Crippen LogP contribution < -0.4 is 0 Å². The summed E-state index contributed by atoms with van der Waals surface area (Å²) in [5.74, 6) is 0.598. The zero-order valence-corrected chi connectivity index (χ0v) is 9.92. The lowest BCUT2D eigenvalue weighted by molar-refractivity contribution is -0.128. The smallest absolute Gasteiger partial charge is 0.226 e. The molecule has 0 heterocycles. The van der Waals surface area contributed by atoms with Crippen LogP contribution in [0.1, 0.15) is 11.1 Å². The Kier molecular flexibility index (Phi) is 4.63. The van der Waals surface area contributed by atoms with E-state index in [0.717, 1.165) is 11.1 Å². The van der Waals surface area contributed by atoms with Gasteiger partial charge in [0.05, 0.1) is 6.42 Å². The van der Waals surface area contributed by atoms with E-state index >= 15 is 0 Å². The molecule has 0 unspecified atom stereocenters. The number of halogens is 1. The lowest BCUT2D eigenvalue weighted by Crippen LogP contribution is -2.30. The van der Waals surface area contributed by atoms with Crippen molar-refractivity contribution in [2.75, 3.05) is 19.5 Å². The SMILES string of the molecule is Cc1ccccc1CC(=O)N(C)CCCl. The Morgan fingerprint density at radius 1 is 1.40 bits per heavy atom. The van der Waals surface area contributed by atoms with Gasteiger partial charge in [0.1, 0.15) is 0 Å². The fourth-order valence-corrected chi connectivity index (χ4v) is 1.61. The molecule has 0 bridgehead atoms. The van der Waals surface area contributed by atoms with Crippen LogP contribution in [0.25, 0.3) is 0 Å². The van der Waals surface area contributed by atoms with Crippen LogP contribution in [0, 0.1) is 6.92 Å². The fraction of sp³-hybridized carbons (Fsp3) is 0.417. The minimum absolute atomic E-state index is 0.116. The molecule has 1 rings (SSSR count). The number of alkyl halides is 1. The summed E-state index contributed by atoms with van der Waals surface area (Å²) in [7, 11) is 1.78. The molecule has 0 aliphatic carbocycles. The van der Waals surface area contributed by atoms with Crippen molar-refractivity contribution < 1.29 is 4.79 Å². The molecule has 82 valence electrons. The van der Waals surface area contributed by atoms with Gasteiger partial charge in [0.2, 0.25) is 5.91 Å². The maximum absolute atomic E-state index is 11.7. The van der Waals surface area contributed by atoms with Crippen molar-refractivity contribution in [1.29, 1.82) is 0 Å². The van der Waals surface area contributed by atoms with Gasteiger partial charge in [-0.3, -0.25) is 4.79 Å². The quantitative estimate of drug-likeness (QED) is 0.720. The van der Waals surface area contributed by atoms with Gasteiger partial charge in [-0.15, -0.1) is 11.6 Å². The van der Waals surface area contributed by atoms with E-state index in [9.17, 15) is 4.79 Å². The molecule has 1 amide bonds. The summed E-state index contributed by atoms with van der Waals surface area (Å²) >= 11 is 5.58. The van der Waals surface area contributed by atoms with Gasteiger partial charge in [-0.2, -0.15) is 0 Å². The maximum Gasteiger partial charge on any atom is 0.226 e. The van der Waals surface area contributed by atoms with Crippen molar-refractivity contribution >= 4 is 17.5 Å². The van der Waals surface area contributed by atoms with Gasteiger partial charge in [-0.05, 0) is 18.1 Å². The van der Waals surface area contributed by atoms with E-state index in [0.29, 0.717) is 18.8 Å². The Labute approximate surface area is 95.8 Å². The summed E-state index contributed by atoms with van der Waals surface area (Å²) < 4.78 is 0. The van der Waals surface area contributed by atoms with Crippen molar-refractivity contribution in [3.05, 3.63) is 35.4 Å². The molecule has 0 saturated carbocycles. The number of rotatable bonds is 4. The molecule has 0 aliphatic heterocycles. The molecule has 0 aromatic heterocycles. The monoisotopic (exact) mass is 225 g/mol. The van der Waals surface area contributed by atoms with E-state index in [2.05, 4.69) is 0 Å². The lowest BCUT2D eigenvalue weighted by Gasteiger charge is -2.16. The Morgan fingerprint density at radius 3 is 2.67 bits per heavy atom. The first-order valence-electron chi connectivity index (χ1n) is 4.99. The largest absolute Gasteiger partial charge is 0.344 e. The van der Waals surface area contributed by atoms with Gasteiger partial charge in [0, 0.05) is 19.5 Å². The van der Waals surface area contributed by atoms with Gasteiger partial charge in [-0.25, -0.2) is 0 Å². The standard InChI is InChI=1S/C12H16ClNO/c1-10-5-3-4-6-11(10)9-12(15)14(2)8-7-13/h3-6H,7-9H2,1-2H3. The van der Waals surface area contributed by atoms with Crippen molar-refractivity contribution in [3.63, 3.8) is 0 Å². The Hall–Kier alpha value is -1.02. The predicted molar refractivity (Wildman–Crippen MR) is 63.2 cm³/mol. The molecule has 3 heteroatoms. The third-order valence-corrected chi connectivity index (χ3v) is 2.62. The summed E-state index contributed by atoms with van der Waals surface area (Å²) in [5, 5.41) is 0. The molecule has 0 fully saturated rings. The molecule has 0 atom stereocenters. The highest BCUT2D eigenvalue weighted by Gasteiger charge is 2.09. The van der Waals surface area contributed by atoms with Gasteiger partial charge in [0.15, 0.2) is 0 Å². The topological polar surface area (TPSA) is 20.3 Å². The Morgan fingerprint density at radius 2 is 2.07 bits per heavy atom. The van der Waals surface area contributed by atoms with E-state index in [-0.39, 0.29) is 5.91 Å². The highest BCUT2D eigenvalue weighted by atomic mass is 35.5. The van der Waals surface area contributed by atoms with Crippen LogP contribution in [-0.2, 0) is 11.2 Å². The highest BCUT2D eigenvalue weighted by Crippen LogP contribution is 2.08. The van der Waals surface area contributed by atoms with Crippen LogP contribution >= 0.6 is 11.6 Å². The highest BCUT2D eigenvalue weighted by molar-refractivity contribution is 6.18. The van der Waals surface area contributed by atoms with Crippen LogP contribution in [0.2, 0.25) is 0 Å². The first kappa shape index (κ1) is 12.1. The van der Waals surface area contributed by atoms with Crippen molar-refractivity contribution in [2.45, 2.75) is 13.3 Å². The first-order valence-corrected chi connectivity index (χ1v) is 5.53. The number of nitrogens with zero attached hydrogens (tertiary/aromatic N) is 1. The van der Waals surface area contributed by atoms with E-state index in [1.807, 2.05) is 31.2 Å². The fourth-order valence-electron chi connectivity index (χ4n) is 1.36. The van der Waals surface area contributed by atoms with Crippen molar-refractivity contribution in [1.82, 2.24) is 4.90 Å². The second kappa shape index (κ2) is 5.76. The number of hydrogen-bond acceptors (Lipinski definition) is 1. The van der Waals surface area contributed by atoms with E-state index in [1.165, 1.54) is 0 Å². The van der Waals surface area contributed by atoms with Crippen LogP contribution in [0.3, 0.4) is 0 Å². The molecule has 2 nitrogen and oxygen atoms in total. The van der Waals surface area contributed by atoms with Crippen LogP contribution in [0.15, 0.2) is 24.3 Å². The second-order valence-corrected chi connectivity index (χ2v) is 3.99. The molecule has 1 aromatic rings. The van der Waals surface area contributed by atoms with Crippen LogP contribution in [0.5, 0.6) is 0 Å². The van der Waals surface area contributed by atoms with Gasteiger partial charge < -0.3 is 4.90 Å². The molecule has 0 saturated heterocycles. The third-order valence-electron chi connectivity index (χ3n) is 2.45. The van der Waals surface area contributed by atoms with Crippen molar-refractivity contribution in [3.8, 4) is 0 Å². The first-order chi connectivity index (χ1) is 7.15. The van der Waals surface area contributed by atoms with E-state index in [4.69, 9.17) is 11.6 Å². The summed E-state index contributed by atoms with van der Waals surface area (Å²) in [6.07, 6.45) is 0.458. The zero-order valence-electron chi connectivity index (χ0n) is 9.16. The molecular weight excluding hydrogens is 210 g/mol. The zero-order chi connectivity index (χ0) is 11.3. The van der Waals surface area contributed by atoms with E-state index < -0.39 is 0 Å². The summed E-state index contributed by atoms with van der Waals surface area (Å²) in [4.78, 5) is 13.4.